The van der Waals surface area contributed by atoms with E-state index in [1.54, 1.807) is 0 Å². The highest BCUT2D eigenvalue weighted by Crippen LogP contribution is 2.69. The van der Waals surface area contributed by atoms with Crippen LogP contribution >= 0.6 is 0 Å². The van der Waals surface area contributed by atoms with E-state index in [0.717, 1.165) is 32.1 Å². The SMILES string of the molecule is CC(C)(C)OC(=O)NC1CCC(C2(C(=O)O)CC2(C)C)CC1. The zero-order valence-corrected chi connectivity index (χ0v) is 14.4. The van der Waals surface area contributed by atoms with Gasteiger partial charge in [-0.3, -0.25) is 4.79 Å². The van der Waals surface area contributed by atoms with Crippen LogP contribution in [0.5, 0.6) is 0 Å². The van der Waals surface area contributed by atoms with Gasteiger partial charge in [0.25, 0.3) is 0 Å². The zero-order valence-electron chi connectivity index (χ0n) is 14.4. The summed E-state index contributed by atoms with van der Waals surface area (Å²) >= 11 is 0. The number of rotatable bonds is 3. The van der Waals surface area contributed by atoms with Crippen LogP contribution in [0.3, 0.4) is 0 Å². The molecule has 0 bridgehead atoms. The predicted octanol–water partition coefficient (Wildman–Crippen LogP) is 3.57. The van der Waals surface area contributed by atoms with E-state index in [-0.39, 0.29) is 23.5 Å². The summed E-state index contributed by atoms with van der Waals surface area (Å²) in [5.41, 5.74) is -1.15. The van der Waals surface area contributed by atoms with Crippen LogP contribution < -0.4 is 5.32 Å². The minimum absolute atomic E-state index is 0.0961. The second-order valence-electron chi connectivity index (χ2n) is 8.53. The standard InChI is InChI=1S/C17H29NO4/c1-15(2,3)22-14(21)18-12-8-6-11(7-9-12)17(13(19)20)10-16(17,4)5/h11-12H,6-10H2,1-5H3,(H,18,21)(H,19,20). The molecule has 2 aliphatic rings. The van der Waals surface area contributed by atoms with E-state index in [1.165, 1.54) is 0 Å². The fourth-order valence-electron chi connectivity index (χ4n) is 4.09. The molecule has 0 aromatic rings. The average molecular weight is 311 g/mol. The molecule has 1 amide bonds. The quantitative estimate of drug-likeness (QED) is 0.835. The maximum atomic E-state index is 11.8. The number of carbonyl (C=O) groups is 2. The highest BCUT2D eigenvalue weighted by molar-refractivity contribution is 5.80. The van der Waals surface area contributed by atoms with Crippen molar-refractivity contribution >= 4 is 12.1 Å². The van der Waals surface area contributed by atoms with Crippen LogP contribution in [0.1, 0.15) is 66.7 Å². The van der Waals surface area contributed by atoms with E-state index >= 15 is 0 Å². The third-order valence-corrected chi connectivity index (χ3v) is 5.33. The molecule has 5 heteroatoms. The van der Waals surface area contributed by atoms with Crippen molar-refractivity contribution in [2.24, 2.45) is 16.7 Å². The van der Waals surface area contributed by atoms with Crippen molar-refractivity contribution in [3.8, 4) is 0 Å². The topological polar surface area (TPSA) is 75.6 Å². The minimum Gasteiger partial charge on any atom is -0.481 e. The van der Waals surface area contributed by atoms with Crippen LogP contribution in [-0.4, -0.2) is 28.8 Å². The summed E-state index contributed by atoms with van der Waals surface area (Å²) in [6.07, 6.45) is 3.76. The molecule has 0 aromatic carbocycles. The first-order valence-electron chi connectivity index (χ1n) is 8.21. The van der Waals surface area contributed by atoms with Crippen LogP contribution in [0, 0.1) is 16.7 Å². The smallest absolute Gasteiger partial charge is 0.407 e. The molecule has 2 saturated carbocycles. The molecule has 2 aliphatic carbocycles. The zero-order chi connectivity index (χ0) is 16.8. The van der Waals surface area contributed by atoms with Crippen molar-refractivity contribution < 1.29 is 19.4 Å². The Morgan fingerprint density at radius 2 is 1.64 bits per heavy atom. The van der Waals surface area contributed by atoms with Crippen LogP contribution in [-0.2, 0) is 9.53 Å². The van der Waals surface area contributed by atoms with Gasteiger partial charge in [-0.2, -0.15) is 0 Å². The molecule has 2 rings (SSSR count). The molecule has 0 spiro atoms. The summed E-state index contributed by atoms with van der Waals surface area (Å²) in [5, 5.41) is 12.5. The van der Waals surface area contributed by atoms with E-state index in [2.05, 4.69) is 5.32 Å². The summed E-state index contributed by atoms with van der Waals surface area (Å²) in [7, 11) is 0. The van der Waals surface area contributed by atoms with E-state index < -0.39 is 17.0 Å². The Morgan fingerprint density at radius 1 is 1.14 bits per heavy atom. The van der Waals surface area contributed by atoms with E-state index in [0.29, 0.717) is 0 Å². The molecule has 0 heterocycles. The van der Waals surface area contributed by atoms with Crippen molar-refractivity contribution in [3.63, 3.8) is 0 Å². The molecule has 0 aliphatic heterocycles. The number of carboxylic acid groups (broad SMARTS) is 1. The molecule has 1 atom stereocenters. The largest absolute Gasteiger partial charge is 0.481 e. The lowest BCUT2D eigenvalue weighted by Crippen LogP contribution is -2.43. The third-order valence-electron chi connectivity index (χ3n) is 5.33. The van der Waals surface area contributed by atoms with Crippen LogP contribution in [0.15, 0.2) is 0 Å². The Kier molecular flexibility index (Phi) is 4.22. The Balaban J connectivity index is 1.86. The second-order valence-corrected chi connectivity index (χ2v) is 8.53. The normalized spacial score (nSPS) is 33.9. The van der Waals surface area contributed by atoms with Gasteiger partial charge in [-0.1, -0.05) is 13.8 Å². The first kappa shape index (κ1) is 17.1. The number of nitrogens with one attached hydrogen (secondary N) is 1. The summed E-state index contributed by atoms with van der Waals surface area (Å²) in [6, 6.07) is 0.0961. The number of carbonyl (C=O) groups excluding carboxylic acids is 1. The van der Waals surface area contributed by atoms with Gasteiger partial charge in [-0.15, -0.1) is 0 Å². The van der Waals surface area contributed by atoms with E-state index in [4.69, 9.17) is 4.74 Å². The lowest BCUT2D eigenvalue weighted by molar-refractivity contribution is -0.148. The second kappa shape index (κ2) is 5.43. The molecular formula is C17H29NO4. The van der Waals surface area contributed by atoms with Crippen molar-refractivity contribution in [2.75, 3.05) is 0 Å². The number of alkyl carbamates (subject to hydrolysis) is 1. The van der Waals surface area contributed by atoms with Crippen molar-refractivity contribution in [1.82, 2.24) is 5.32 Å². The molecule has 5 nitrogen and oxygen atoms in total. The summed E-state index contributed by atoms with van der Waals surface area (Å²) in [4.78, 5) is 23.5. The van der Waals surface area contributed by atoms with Crippen molar-refractivity contribution in [2.45, 2.75) is 78.4 Å². The molecular weight excluding hydrogens is 282 g/mol. The lowest BCUT2D eigenvalue weighted by atomic mass is 9.73. The molecule has 126 valence electrons. The minimum atomic E-state index is -0.652. The highest BCUT2D eigenvalue weighted by Gasteiger charge is 2.70. The molecule has 0 radical (unpaired) electrons. The third kappa shape index (κ3) is 3.23. The fraction of sp³-hybridized carbons (Fsp3) is 0.882. The number of ether oxygens (including phenoxy) is 1. The van der Waals surface area contributed by atoms with Gasteiger partial charge in [-0.05, 0) is 64.2 Å². The van der Waals surface area contributed by atoms with E-state index in [9.17, 15) is 14.7 Å². The van der Waals surface area contributed by atoms with Gasteiger partial charge in [-0.25, -0.2) is 4.79 Å². The van der Waals surface area contributed by atoms with Gasteiger partial charge in [0, 0.05) is 6.04 Å². The number of aliphatic carboxylic acids is 1. The van der Waals surface area contributed by atoms with Gasteiger partial charge in [0.2, 0.25) is 0 Å². The molecule has 2 N–H and O–H groups in total. The molecule has 0 saturated heterocycles. The Bertz CT molecular complexity index is 458. The predicted molar refractivity (Wildman–Crippen MR) is 83.6 cm³/mol. The van der Waals surface area contributed by atoms with Crippen LogP contribution in [0.25, 0.3) is 0 Å². The summed E-state index contributed by atoms with van der Waals surface area (Å²) in [5.74, 6) is -0.433. The molecule has 1 unspecified atom stereocenters. The van der Waals surface area contributed by atoms with Crippen molar-refractivity contribution in [3.05, 3.63) is 0 Å². The van der Waals surface area contributed by atoms with Gasteiger partial charge in [0.1, 0.15) is 5.60 Å². The number of hydrogen-bond donors (Lipinski definition) is 2. The van der Waals surface area contributed by atoms with Gasteiger partial charge in [0.15, 0.2) is 0 Å². The first-order valence-corrected chi connectivity index (χ1v) is 8.21. The van der Waals surface area contributed by atoms with Gasteiger partial charge >= 0.3 is 12.1 Å². The van der Waals surface area contributed by atoms with Gasteiger partial charge < -0.3 is 15.2 Å². The van der Waals surface area contributed by atoms with Crippen LogP contribution in [0.2, 0.25) is 0 Å². The maximum absolute atomic E-state index is 11.8. The molecule has 2 fully saturated rings. The molecule has 22 heavy (non-hydrogen) atoms. The number of carboxylic acids is 1. The van der Waals surface area contributed by atoms with Crippen LogP contribution in [0.4, 0.5) is 4.79 Å². The number of hydrogen-bond acceptors (Lipinski definition) is 3. The Hall–Kier alpha value is -1.26. The summed E-state index contributed by atoms with van der Waals surface area (Å²) < 4.78 is 5.27. The summed E-state index contributed by atoms with van der Waals surface area (Å²) in [6.45, 7) is 9.62. The Labute approximate surface area is 132 Å². The number of amides is 1. The fourth-order valence-corrected chi connectivity index (χ4v) is 4.09. The highest BCUT2D eigenvalue weighted by atomic mass is 16.6. The Morgan fingerprint density at radius 3 is 2.00 bits per heavy atom. The lowest BCUT2D eigenvalue weighted by Gasteiger charge is -2.34. The van der Waals surface area contributed by atoms with E-state index in [1.807, 2.05) is 34.6 Å². The average Bonchev–Trinajstić information content (AvgIpc) is 2.92. The monoisotopic (exact) mass is 311 g/mol. The maximum Gasteiger partial charge on any atom is 0.407 e. The molecule has 0 aromatic heterocycles. The van der Waals surface area contributed by atoms with Gasteiger partial charge in [0.05, 0.1) is 5.41 Å². The van der Waals surface area contributed by atoms with Crippen molar-refractivity contribution in [1.29, 1.82) is 0 Å². The first-order chi connectivity index (χ1) is 9.98.